The first-order chi connectivity index (χ1) is 30.6. The molecule has 64 heavy (non-hydrogen) atoms. The molecule has 2 aromatic carbocycles. The molecule has 4 atom stereocenters. The summed E-state index contributed by atoms with van der Waals surface area (Å²) in [4.78, 5) is 63.4. The normalized spacial score (nSPS) is 22.5. The Morgan fingerprint density at radius 3 is 2.59 bits per heavy atom. The molecule has 4 aliphatic rings. The third-order valence-electron chi connectivity index (χ3n) is 13.6. The quantitative estimate of drug-likeness (QED) is 0.171. The van der Waals surface area contributed by atoms with Gasteiger partial charge >= 0.3 is 5.97 Å². The highest BCUT2D eigenvalue weighted by atomic mass is 16.5. The second kappa shape index (κ2) is 18.3. The smallest absolute Gasteiger partial charge is 0.324 e. The molecule has 6 heterocycles. The fourth-order valence-corrected chi connectivity index (χ4v) is 10.3. The van der Waals surface area contributed by atoms with Gasteiger partial charge in [0.15, 0.2) is 0 Å². The van der Waals surface area contributed by atoms with E-state index in [4.69, 9.17) is 14.2 Å². The van der Waals surface area contributed by atoms with E-state index in [1.165, 1.54) is 9.91 Å². The number of aryl methyl sites for hydroxylation is 1. The van der Waals surface area contributed by atoms with Crippen molar-refractivity contribution < 1.29 is 38.5 Å². The largest absolute Gasteiger partial charge is 0.508 e. The molecule has 4 aliphatic heterocycles. The number of phenolic OH excluding ortho intramolecular Hbond substituents is 1. The van der Waals surface area contributed by atoms with Crippen LogP contribution < -0.4 is 16.1 Å². The molecule has 4 aromatic rings. The van der Waals surface area contributed by atoms with Crippen LogP contribution in [0, 0.1) is 17.3 Å². The van der Waals surface area contributed by atoms with Crippen LogP contribution in [0.3, 0.4) is 0 Å². The summed E-state index contributed by atoms with van der Waals surface area (Å²) in [5, 5.41) is 20.2. The number of hydrogen-bond acceptors (Lipinski definition) is 11. The Labute approximate surface area is 375 Å². The summed E-state index contributed by atoms with van der Waals surface area (Å²) < 4.78 is 19.5. The number of carbonyl (C=O) groups excluding carboxylic acids is 4. The van der Waals surface area contributed by atoms with Gasteiger partial charge in [-0.1, -0.05) is 39.8 Å². The van der Waals surface area contributed by atoms with Crippen LogP contribution in [0.5, 0.6) is 5.75 Å². The third-order valence-corrected chi connectivity index (χ3v) is 13.6. The zero-order chi connectivity index (χ0) is 45.5. The van der Waals surface area contributed by atoms with Gasteiger partial charge in [-0.15, -0.1) is 0 Å². The van der Waals surface area contributed by atoms with Crippen LogP contribution in [-0.4, -0.2) is 119 Å². The molecule has 6 bridgehead atoms. The lowest BCUT2D eigenvalue weighted by atomic mass is 9.82. The molecule has 0 aliphatic carbocycles. The van der Waals surface area contributed by atoms with E-state index in [2.05, 4.69) is 58.5 Å². The Morgan fingerprint density at radius 2 is 1.88 bits per heavy atom. The van der Waals surface area contributed by atoms with Crippen molar-refractivity contribution in [3.05, 3.63) is 71.5 Å². The minimum absolute atomic E-state index is 0.00985. The minimum atomic E-state index is -1.12. The van der Waals surface area contributed by atoms with Crippen LogP contribution in [-0.2, 0) is 59.4 Å². The number of likely N-dealkylation sites (N-methyl/N-ethyl adjacent to an activating group) is 1. The number of methoxy groups -OCH3 is 1. The van der Waals surface area contributed by atoms with E-state index in [1.807, 2.05) is 38.2 Å². The van der Waals surface area contributed by atoms with Crippen molar-refractivity contribution in [2.75, 3.05) is 47.1 Å². The zero-order valence-electron chi connectivity index (χ0n) is 38.2. The van der Waals surface area contributed by atoms with Gasteiger partial charge in [-0.2, -0.15) is 0 Å². The number of aromatic hydroxyl groups is 1. The number of nitrogens with zero attached hydrogens (tertiary/aromatic N) is 4. The first-order valence-corrected chi connectivity index (χ1v) is 22.7. The number of fused-ring (bicyclic) bond motifs is 6. The summed E-state index contributed by atoms with van der Waals surface area (Å²) in [6.45, 7) is 13.1. The second-order valence-corrected chi connectivity index (χ2v) is 19.2. The number of pyridine rings is 1. The Morgan fingerprint density at radius 1 is 1.08 bits per heavy atom. The molecule has 15 heteroatoms. The molecule has 1 unspecified atom stereocenters. The summed E-state index contributed by atoms with van der Waals surface area (Å²) in [6, 6.07) is 10.7. The number of phenols is 1. The number of esters is 1. The predicted molar refractivity (Wildman–Crippen MR) is 242 cm³/mol. The fraction of sp³-hybridized carbons (Fsp3) is 0.531. The highest BCUT2D eigenvalue weighted by Gasteiger charge is 2.53. The summed E-state index contributed by atoms with van der Waals surface area (Å²) in [6.07, 6.45) is 5.87. The zero-order valence-corrected chi connectivity index (χ0v) is 38.2. The van der Waals surface area contributed by atoms with E-state index in [0.717, 1.165) is 44.4 Å². The SMILES string of the molecule is CCn1c(-c2cnccc2COC)c2c3cc(ccc31)-c1cc(O)cc(c1)C[C@H](NC(=O)[C@H](C(C)C)N(C)C(=O)C1CCNC13COC3)C(=O)N1CCC[C@H](N1)C(=O)OCC(C)(C)C2. The van der Waals surface area contributed by atoms with E-state index in [-0.39, 0.29) is 36.5 Å². The first-order valence-electron chi connectivity index (χ1n) is 22.7. The molecule has 3 fully saturated rings. The Kier molecular flexibility index (Phi) is 12.9. The van der Waals surface area contributed by atoms with Crippen molar-refractivity contribution in [3.8, 4) is 28.1 Å². The summed E-state index contributed by atoms with van der Waals surface area (Å²) >= 11 is 0. The Balaban J connectivity index is 1.20. The molecule has 4 N–H and O–H groups in total. The van der Waals surface area contributed by atoms with Gasteiger partial charge in [0.1, 0.15) is 23.9 Å². The summed E-state index contributed by atoms with van der Waals surface area (Å²) in [5.41, 5.74) is 9.46. The van der Waals surface area contributed by atoms with E-state index >= 15 is 0 Å². The van der Waals surface area contributed by atoms with Crippen molar-refractivity contribution >= 4 is 34.6 Å². The molecule has 3 saturated heterocycles. The fourth-order valence-electron chi connectivity index (χ4n) is 10.3. The number of ether oxygens (including phenoxy) is 3. The van der Waals surface area contributed by atoms with Crippen molar-refractivity contribution in [3.63, 3.8) is 0 Å². The van der Waals surface area contributed by atoms with Crippen molar-refractivity contribution in [2.45, 2.75) is 104 Å². The van der Waals surface area contributed by atoms with Gasteiger partial charge in [-0.25, -0.2) is 5.43 Å². The molecule has 0 radical (unpaired) electrons. The molecule has 2 aromatic heterocycles. The number of hydrogen-bond donors (Lipinski definition) is 4. The monoisotopic (exact) mass is 877 g/mol. The standard InChI is InChI=1S/C49H63N7O8/c1-8-55-41-12-11-31-22-35(41)36(43(55)37-24-50-15-13-32(37)25-62-7)23-48(4,5)26-64-47(61)39-10-9-17-56(53-39)46(60)40(20-30-18-33(31)21-34(57)19-30)52-44(58)42(29(2)3)54(6)45(59)38-14-16-51-49(38)27-63-28-49/h11-13,15,18-19,21-22,24,29,38-40,42,51,53,57H,8-10,14,16-17,20,23,25-28H2,1-7H3,(H,52,58)/t38?,39-,40-,42-/m0/s1. The van der Waals surface area contributed by atoms with Crippen LogP contribution in [0.2, 0.25) is 0 Å². The lowest BCUT2D eigenvalue weighted by Crippen LogP contribution is -2.65. The number of rotatable bonds is 9. The second-order valence-electron chi connectivity index (χ2n) is 19.2. The number of hydrazine groups is 1. The van der Waals surface area contributed by atoms with Crippen LogP contribution in [0.4, 0.5) is 0 Å². The highest BCUT2D eigenvalue weighted by molar-refractivity contribution is 5.96. The molecular formula is C49H63N7O8. The van der Waals surface area contributed by atoms with Gasteiger partial charge in [-0.3, -0.25) is 29.2 Å². The molecule has 15 nitrogen and oxygen atoms in total. The molecule has 342 valence electrons. The maximum absolute atomic E-state index is 14.7. The first kappa shape index (κ1) is 45.2. The number of benzene rings is 2. The van der Waals surface area contributed by atoms with Gasteiger partial charge in [-0.05, 0) is 103 Å². The van der Waals surface area contributed by atoms with Gasteiger partial charge in [0, 0.05) is 67.9 Å². The highest BCUT2D eigenvalue weighted by Crippen LogP contribution is 2.42. The number of cyclic esters (lactones) is 1. The Bertz CT molecular complexity index is 2420. The average molecular weight is 878 g/mol. The van der Waals surface area contributed by atoms with Crippen LogP contribution >= 0.6 is 0 Å². The summed E-state index contributed by atoms with van der Waals surface area (Å²) in [7, 11) is 3.34. The van der Waals surface area contributed by atoms with Gasteiger partial charge < -0.3 is 39.4 Å². The molecular weight excluding hydrogens is 815 g/mol. The maximum Gasteiger partial charge on any atom is 0.324 e. The van der Waals surface area contributed by atoms with E-state index in [1.54, 1.807) is 32.5 Å². The van der Waals surface area contributed by atoms with E-state index < -0.39 is 46.9 Å². The third kappa shape index (κ3) is 8.74. The van der Waals surface area contributed by atoms with Crippen molar-refractivity contribution in [2.24, 2.45) is 17.3 Å². The van der Waals surface area contributed by atoms with Gasteiger partial charge in [0.2, 0.25) is 11.8 Å². The lowest BCUT2D eigenvalue weighted by Gasteiger charge is -2.44. The van der Waals surface area contributed by atoms with Crippen LogP contribution in [0.1, 0.15) is 70.6 Å². The van der Waals surface area contributed by atoms with Crippen LogP contribution in [0.15, 0.2) is 54.9 Å². The predicted octanol–water partition coefficient (Wildman–Crippen LogP) is 4.75. The number of aromatic nitrogens is 2. The van der Waals surface area contributed by atoms with Crippen LogP contribution in [0.25, 0.3) is 33.3 Å². The minimum Gasteiger partial charge on any atom is -0.508 e. The van der Waals surface area contributed by atoms with Gasteiger partial charge in [0.25, 0.3) is 5.91 Å². The maximum atomic E-state index is 14.7. The van der Waals surface area contributed by atoms with E-state index in [9.17, 15) is 24.3 Å². The Hall–Kier alpha value is -5.35. The molecule has 3 amide bonds. The van der Waals surface area contributed by atoms with Gasteiger partial charge in [0.05, 0.1) is 43.6 Å². The molecule has 1 spiro atoms. The van der Waals surface area contributed by atoms with Crippen molar-refractivity contribution in [1.29, 1.82) is 0 Å². The average Bonchev–Trinajstić information content (AvgIpc) is 3.84. The molecule has 0 saturated carbocycles. The molecule has 8 rings (SSSR count). The topological polar surface area (TPSA) is 177 Å². The number of nitrogens with one attached hydrogen (secondary N) is 3. The number of carbonyl (C=O) groups is 4. The number of amides is 3. The summed E-state index contributed by atoms with van der Waals surface area (Å²) in [5.74, 6) is -2.14. The van der Waals surface area contributed by atoms with Crippen molar-refractivity contribution in [1.82, 2.24) is 35.5 Å². The lowest BCUT2D eigenvalue weighted by molar-refractivity contribution is -0.156. The van der Waals surface area contributed by atoms with E-state index in [0.29, 0.717) is 70.7 Å².